The number of benzene rings is 2. The third kappa shape index (κ3) is 4.55. The van der Waals surface area contributed by atoms with E-state index >= 15 is 0 Å². The van der Waals surface area contributed by atoms with Gasteiger partial charge in [-0.1, -0.05) is 12.1 Å². The summed E-state index contributed by atoms with van der Waals surface area (Å²) in [5, 5.41) is 5.34. The molecule has 1 aliphatic rings. The number of hydrogen-bond acceptors (Lipinski definition) is 6. The van der Waals surface area contributed by atoms with E-state index in [0.717, 1.165) is 46.6 Å². The first kappa shape index (κ1) is 20.6. The smallest absolute Gasteiger partial charge is 0.231 e. The van der Waals surface area contributed by atoms with E-state index in [2.05, 4.69) is 20.4 Å². The van der Waals surface area contributed by atoms with Crippen LogP contribution in [0.5, 0.6) is 11.5 Å². The number of ether oxygens (including phenoxy) is 2. The average molecular weight is 445 g/mol. The fourth-order valence-corrected chi connectivity index (χ4v) is 3.77. The Bertz CT molecular complexity index is 1050. The lowest BCUT2D eigenvalue weighted by molar-refractivity contribution is 0.174. The number of hydrogen-bond donors (Lipinski definition) is 1. The fraction of sp³-hybridized carbons (Fsp3) is 0.273. The van der Waals surface area contributed by atoms with Crippen molar-refractivity contribution in [3.8, 4) is 11.5 Å². The topological polar surface area (TPSA) is 59.0 Å². The molecule has 1 N–H and O–H groups in total. The quantitative estimate of drug-likeness (QED) is 0.300. The lowest BCUT2D eigenvalue weighted by Crippen LogP contribution is -2.27. The SMILES string of the molecule is Cc1cc(N/N=C\c2ccc(N(CCCl)CCCl)cc2)c2cc3c(cc2n1)OCO3. The van der Waals surface area contributed by atoms with Crippen LogP contribution in [0.4, 0.5) is 11.4 Å². The van der Waals surface area contributed by atoms with Crippen molar-refractivity contribution in [1.82, 2.24) is 4.98 Å². The molecule has 1 aliphatic heterocycles. The van der Waals surface area contributed by atoms with Crippen LogP contribution in [0.3, 0.4) is 0 Å². The predicted octanol–water partition coefficient (Wildman–Crippen LogP) is 5.00. The van der Waals surface area contributed by atoms with Gasteiger partial charge in [0.25, 0.3) is 0 Å². The number of nitrogens with one attached hydrogen (secondary N) is 1. The van der Waals surface area contributed by atoms with E-state index in [9.17, 15) is 0 Å². The zero-order valence-electron chi connectivity index (χ0n) is 16.6. The van der Waals surface area contributed by atoms with Crippen LogP contribution in [0.25, 0.3) is 10.9 Å². The molecule has 0 unspecified atom stereocenters. The Morgan fingerprint density at radius 2 is 1.77 bits per heavy atom. The van der Waals surface area contributed by atoms with Crippen molar-refractivity contribution < 1.29 is 9.47 Å². The van der Waals surface area contributed by atoms with Crippen LogP contribution in [0, 0.1) is 6.92 Å². The van der Waals surface area contributed by atoms with E-state index in [0.29, 0.717) is 23.3 Å². The van der Waals surface area contributed by atoms with E-state index in [4.69, 9.17) is 32.7 Å². The zero-order valence-corrected chi connectivity index (χ0v) is 18.1. The monoisotopic (exact) mass is 444 g/mol. The lowest BCUT2D eigenvalue weighted by Gasteiger charge is -2.22. The lowest BCUT2D eigenvalue weighted by atomic mass is 10.1. The van der Waals surface area contributed by atoms with Crippen LogP contribution < -0.4 is 19.8 Å². The van der Waals surface area contributed by atoms with Gasteiger partial charge in [-0.3, -0.25) is 10.4 Å². The molecule has 1 aromatic heterocycles. The maximum absolute atomic E-state index is 5.89. The standard InChI is InChI=1S/C22H22Cl2N4O2/c1-15-10-20(18-11-21-22(30-14-29-21)12-19(18)26-15)27-25-13-16-2-4-17(5-3-16)28(8-6-23)9-7-24/h2-5,10-13H,6-9,14H2,1H3,(H,26,27)/b25-13-. The molecule has 30 heavy (non-hydrogen) atoms. The summed E-state index contributed by atoms with van der Waals surface area (Å²) in [7, 11) is 0. The summed E-state index contributed by atoms with van der Waals surface area (Å²) in [6.45, 7) is 3.70. The van der Waals surface area contributed by atoms with Gasteiger partial charge >= 0.3 is 0 Å². The molecule has 0 amide bonds. The molecule has 8 heteroatoms. The number of aromatic nitrogens is 1. The Labute approximate surface area is 185 Å². The van der Waals surface area contributed by atoms with Crippen molar-refractivity contribution in [1.29, 1.82) is 0 Å². The molecule has 0 aliphatic carbocycles. The van der Waals surface area contributed by atoms with Crippen LogP contribution in [-0.2, 0) is 0 Å². The molecule has 0 spiro atoms. The second-order valence-electron chi connectivity index (χ2n) is 6.86. The Morgan fingerprint density at radius 1 is 1.07 bits per heavy atom. The van der Waals surface area contributed by atoms with Gasteiger partial charge in [0.15, 0.2) is 11.5 Å². The van der Waals surface area contributed by atoms with Crippen molar-refractivity contribution >= 4 is 51.7 Å². The highest BCUT2D eigenvalue weighted by atomic mass is 35.5. The summed E-state index contributed by atoms with van der Waals surface area (Å²) in [6, 6.07) is 13.9. The van der Waals surface area contributed by atoms with E-state index in [1.807, 2.05) is 49.4 Å². The number of alkyl halides is 2. The summed E-state index contributed by atoms with van der Waals surface area (Å²) >= 11 is 11.8. The molecular formula is C22H22Cl2N4O2. The molecular weight excluding hydrogens is 423 g/mol. The number of halogens is 2. The molecule has 6 nitrogen and oxygen atoms in total. The van der Waals surface area contributed by atoms with Crippen molar-refractivity contribution in [2.75, 3.05) is 42.0 Å². The van der Waals surface area contributed by atoms with Gasteiger partial charge in [-0.05, 0) is 36.8 Å². The summed E-state index contributed by atoms with van der Waals surface area (Å²) < 4.78 is 10.9. The minimum Gasteiger partial charge on any atom is -0.454 e. The Balaban J connectivity index is 1.51. The highest BCUT2D eigenvalue weighted by Crippen LogP contribution is 2.38. The molecule has 0 saturated heterocycles. The first-order chi connectivity index (χ1) is 14.7. The first-order valence-electron chi connectivity index (χ1n) is 9.65. The zero-order chi connectivity index (χ0) is 20.9. The number of aryl methyl sites for hydroxylation is 1. The Hall–Kier alpha value is -2.70. The summed E-state index contributed by atoms with van der Waals surface area (Å²) in [5.41, 5.74) is 7.79. The summed E-state index contributed by atoms with van der Waals surface area (Å²) in [6.07, 6.45) is 1.78. The summed E-state index contributed by atoms with van der Waals surface area (Å²) in [5.74, 6) is 2.55. The molecule has 3 aromatic rings. The van der Waals surface area contributed by atoms with Crippen molar-refractivity contribution in [2.45, 2.75) is 6.92 Å². The van der Waals surface area contributed by atoms with E-state index in [1.54, 1.807) is 6.21 Å². The van der Waals surface area contributed by atoms with Crippen LogP contribution in [0.15, 0.2) is 47.6 Å². The fourth-order valence-electron chi connectivity index (χ4n) is 3.36. The molecule has 156 valence electrons. The third-order valence-electron chi connectivity index (χ3n) is 4.80. The van der Waals surface area contributed by atoms with Gasteiger partial charge in [0.2, 0.25) is 6.79 Å². The minimum absolute atomic E-state index is 0.231. The predicted molar refractivity (Wildman–Crippen MR) is 124 cm³/mol. The van der Waals surface area contributed by atoms with Crippen molar-refractivity contribution in [3.05, 3.63) is 53.7 Å². The van der Waals surface area contributed by atoms with Crippen LogP contribution >= 0.6 is 23.2 Å². The van der Waals surface area contributed by atoms with Gasteiger partial charge in [0.1, 0.15) is 0 Å². The van der Waals surface area contributed by atoms with Crippen LogP contribution in [-0.4, -0.2) is 42.8 Å². The van der Waals surface area contributed by atoms with Crippen LogP contribution in [0.1, 0.15) is 11.3 Å². The number of hydrazone groups is 1. The van der Waals surface area contributed by atoms with Gasteiger partial charge in [0, 0.05) is 47.7 Å². The highest BCUT2D eigenvalue weighted by molar-refractivity contribution is 6.18. The molecule has 0 bridgehead atoms. The van der Waals surface area contributed by atoms with E-state index in [-0.39, 0.29) is 6.79 Å². The Kier molecular flexibility index (Phi) is 6.45. The second-order valence-corrected chi connectivity index (χ2v) is 7.62. The van der Waals surface area contributed by atoms with Gasteiger partial charge < -0.3 is 14.4 Å². The maximum Gasteiger partial charge on any atom is 0.231 e. The summed E-state index contributed by atoms with van der Waals surface area (Å²) in [4.78, 5) is 6.75. The maximum atomic E-state index is 5.89. The van der Waals surface area contributed by atoms with Gasteiger partial charge in [-0.15, -0.1) is 23.2 Å². The second kappa shape index (κ2) is 9.41. The highest BCUT2D eigenvalue weighted by Gasteiger charge is 2.16. The number of nitrogens with zero attached hydrogens (tertiary/aromatic N) is 3. The Morgan fingerprint density at radius 3 is 2.47 bits per heavy atom. The van der Waals surface area contributed by atoms with E-state index < -0.39 is 0 Å². The molecule has 0 radical (unpaired) electrons. The first-order valence-corrected chi connectivity index (χ1v) is 10.7. The molecule has 4 rings (SSSR count). The molecule has 2 aromatic carbocycles. The number of fused-ring (bicyclic) bond motifs is 2. The molecule has 0 saturated carbocycles. The van der Waals surface area contributed by atoms with Crippen LogP contribution in [0.2, 0.25) is 0 Å². The van der Waals surface area contributed by atoms with Crippen molar-refractivity contribution in [2.24, 2.45) is 5.10 Å². The number of anilines is 2. The van der Waals surface area contributed by atoms with Gasteiger partial charge in [0.05, 0.1) is 17.4 Å². The number of rotatable bonds is 8. The normalized spacial score (nSPS) is 12.6. The van der Waals surface area contributed by atoms with Crippen molar-refractivity contribution in [3.63, 3.8) is 0 Å². The average Bonchev–Trinajstić information content (AvgIpc) is 3.20. The van der Waals surface area contributed by atoms with E-state index in [1.165, 1.54) is 0 Å². The molecule has 0 atom stereocenters. The third-order valence-corrected chi connectivity index (χ3v) is 5.13. The number of pyridine rings is 1. The van der Waals surface area contributed by atoms with Gasteiger partial charge in [-0.25, -0.2) is 0 Å². The largest absolute Gasteiger partial charge is 0.454 e. The van der Waals surface area contributed by atoms with Gasteiger partial charge in [-0.2, -0.15) is 5.10 Å². The molecule has 2 heterocycles. The molecule has 0 fully saturated rings. The minimum atomic E-state index is 0.231.